The van der Waals surface area contributed by atoms with Gasteiger partial charge in [-0.3, -0.25) is 4.98 Å². The van der Waals surface area contributed by atoms with Crippen molar-refractivity contribution >= 4 is 33.7 Å². The number of aliphatic hydroxyl groups is 1. The smallest absolute Gasteiger partial charge is 0.148 e. The lowest BCUT2D eigenvalue weighted by molar-refractivity contribution is -0.117. The van der Waals surface area contributed by atoms with Gasteiger partial charge in [-0.05, 0) is 84.4 Å². The number of nitrogens with one attached hydrogen (secondary N) is 2. The van der Waals surface area contributed by atoms with Crippen LogP contribution >= 0.6 is 11.3 Å². The van der Waals surface area contributed by atoms with Gasteiger partial charge >= 0.3 is 0 Å². The van der Waals surface area contributed by atoms with Crippen LogP contribution in [0.1, 0.15) is 49.3 Å². The van der Waals surface area contributed by atoms with E-state index in [0.717, 1.165) is 63.2 Å². The third-order valence-corrected chi connectivity index (χ3v) is 7.57. The van der Waals surface area contributed by atoms with E-state index in [1.54, 1.807) is 17.5 Å². The highest BCUT2D eigenvalue weighted by atomic mass is 32.1. The van der Waals surface area contributed by atoms with Gasteiger partial charge in [0.25, 0.3) is 0 Å². The minimum Gasteiger partial charge on any atom is -0.385 e. The van der Waals surface area contributed by atoms with Gasteiger partial charge in [0.1, 0.15) is 34.6 Å². The molecule has 0 saturated heterocycles. The Labute approximate surface area is 204 Å². The van der Waals surface area contributed by atoms with Crippen LogP contribution in [0.4, 0.5) is 5.82 Å². The van der Waals surface area contributed by atoms with Crippen LogP contribution in [0.5, 0.6) is 0 Å². The van der Waals surface area contributed by atoms with Gasteiger partial charge in [-0.25, -0.2) is 15.0 Å². The molecule has 0 amide bonds. The summed E-state index contributed by atoms with van der Waals surface area (Å²) in [7, 11) is 2.01. The maximum atomic E-state index is 10.9. The van der Waals surface area contributed by atoms with E-state index in [2.05, 4.69) is 25.6 Å². The molecule has 0 aliphatic heterocycles. The first kappa shape index (κ1) is 24.6. The fourth-order valence-corrected chi connectivity index (χ4v) is 5.65. The van der Waals surface area contributed by atoms with Crippen LogP contribution in [0.2, 0.25) is 0 Å². The molecule has 0 aromatic carbocycles. The number of pyridine rings is 1. The number of thiazole rings is 1. The second-order valence-electron chi connectivity index (χ2n) is 9.38. The second-order valence-corrected chi connectivity index (χ2v) is 10.4. The summed E-state index contributed by atoms with van der Waals surface area (Å²) in [6.45, 7) is 7.04. The number of hydrogen-bond donors (Lipinski definition) is 3. The zero-order valence-corrected chi connectivity index (χ0v) is 21.2. The Morgan fingerprint density at radius 1 is 1.15 bits per heavy atom. The van der Waals surface area contributed by atoms with Crippen LogP contribution in [0.3, 0.4) is 0 Å². The number of aliphatic hydroxyl groups excluding tert-OH is 1. The van der Waals surface area contributed by atoms with Crippen molar-refractivity contribution in [1.29, 1.82) is 0 Å². The predicted octanol–water partition coefficient (Wildman–Crippen LogP) is 3.83. The molecule has 2 saturated carbocycles. The molecule has 3 atom stereocenters. The van der Waals surface area contributed by atoms with Gasteiger partial charge in [0, 0.05) is 12.2 Å². The Hall–Kier alpha value is -2.49. The first-order chi connectivity index (χ1) is 16.4. The summed E-state index contributed by atoms with van der Waals surface area (Å²) in [5, 5.41) is 17.4. The number of hydrogen-bond acceptors (Lipinski definition) is 9. The summed E-state index contributed by atoms with van der Waals surface area (Å²) in [5.41, 5.74) is 3.60. The molecule has 34 heavy (non-hydrogen) atoms. The molecule has 5 rings (SSSR count). The van der Waals surface area contributed by atoms with Gasteiger partial charge in [0.15, 0.2) is 0 Å². The van der Waals surface area contributed by atoms with E-state index in [9.17, 15) is 9.90 Å². The maximum Gasteiger partial charge on any atom is 0.148 e. The molecule has 3 N–H and O–H groups in total. The first-order valence-electron chi connectivity index (χ1n) is 12.0. The molecule has 2 aliphatic rings. The first-order valence-corrected chi connectivity index (χ1v) is 12.8. The van der Waals surface area contributed by atoms with Gasteiger partial charge in [-0.2, -0.15) is 0 Å². The zero-order chi connectivity index (χ0) is 24.2. The van der Waals surface area contributed by atoms with Crippen molar-refractivity contribution < 1.29 is 9.90 Å². The fraction of sp³-hybridized carbons (Fsp3) is 0.560. The molecule has 8 nitrogen and oxygen atoms in total. The van der Waals surface area contributed by atoms with Gasteiger partial charge in [0.05, 0.1) is 21.7 Å². The van der Waals surface area contributed by atoms with Crippen LogP contribution in [-0.4, -0.2) is 57.1 Å². The Bertz CT molecular complexity index is 1150. The van der Waals surface area contributed by atoms with E-state index in [1.165, 1.54) is 19.4 Å². The zero-order valence-electron chi connectivity index (χ0n) is 20.3. The van der Waals surface area contributed by atoms with E-state index >= 15 is 0 Å². The minimum atomic E-state index is -0.889. The molecule has 0 bridgehead atoms. The lowest BCUT2D eigenvalue weighted by Crippen LogP contribution is -2.23. The van der Waals surface area contributed by atoms with Gasteiger partial charge in [-0.15, -0.1) is 11.3 Å². The molecule has 182 valence electrons. The van der Waals surface area contributed by atoms with Crippen molar-refractivity contribution in [1.82, 2.24) is 25.3 Å². The van der Waals surface area contributed by atoms with E-state index in [1.807, 2.05) is 33.9 Å². The summed E-state index contributed by atoms with van der Waals surface area (Å²) in [6, 6.07) is 2.13. The molecular formula is C25H34N6O2S. The van der Waals surface area contributed by atoms with Gasteiger partial charge < -0.3 is 20.5 Å². The third kappa shape index (κ3) is 5.76. The van der Waals surface area contributed by atoms with Crippen LogP contribution in [0.15, 0.2) is 12.3 Å². The van der Waals surface area contributed by atoms with Crippen LogP contribution in [0.25, 0.3) is 20.8 Å². The van der Waals surface area contributed by atoms with Crippen molar-refractivity contribution in [3.8, 4) is 10.6 Å². The Balaban J connectivity index is 0.000000398. The summed E-state index contributed by atoms with van der Waals surface area (Å²) < 4.78 is 1.09. The van der Waals surface area contributed by atoms with Crippen LogP contribution < -0.4 is 10.6 Å². The normalized spacial score (nSPS) is 20.6. The standard InChI is InChI=1S/C20H23N5O2S.C5H11N/c1-10-17(20-25-18-11(2)21-7-6-16(18)28-20)19(23-12(3)22-10)24-14-5-4-13(8-14)15(27)9-26;1-6-4-5-2-3-5/h6-7,9,13-15,27H,4-5,8H2,1-3H3,(H,22,23,24);5-6H,2-4H2,1H3. The average Bonchev–Trinajstić information content (AvgIpc) is 3.32. The second kappa shape index (κ2) is 10.8. The molecule has 3 heterocycles. The minimum absolute atomic E-state index is 0.00124. The molecule has 0 spiro atoms. The maximum absolute atomic E-state index is 10.9. The number of aryl methyl sites for hydroxylation is 3. The number of carbonyl (C=O) groups is 1. The highest BCUT2D eigenvalue weighted by Gasteiger charge is 2.31. The number of rotatable bonds is 7. The Morgan fingerprint density at radius 3 is 2.59 bits per heavy atom. The fourth-order valence-electron chi connectivity index (χ4n) is 4.53. The number of aromatic nitrogens is 4. The summed E-state index contributed by atoms with van der Waals surface area (Å²) in [5.74, 6) is 2.50. The lowest BCUT2D eigenvalue weighted by atomic mass is 10.0. The highest BCUT2D eigenvalue weighted by molar-refractivity contribution is 7.21. The van der Waals surface area contributed by atoms with Gasteiger partial charge in [0.2, 0.25) is 0 Å². The summed E-state index contributed by atoms with van der Waals surface area (Å²) in [6.07, 6.45) is 6.91. The SMILES string of the molecule is CNCC1CC1.Cc1nc(C)c(-c2nc3c(C)nccc3s2)c(NC2CCC(C(O)C=O)C2)n1. The van der Waals surface area contributed by atoms with Gasteiger partial charge in [-0.1, -0.05) is 0 Å². The van der Waals surface area contributed by atoms with E-state index < -0.39 is 6.10 Å². The molecule has 3 unspecified atom stereocenters. The molecular weight excluding hydrogens is 448 g/mol. The molecule has 3 aromatic rings. The molecule has 9 heteroatoms. The number of aldehydes is 1. The quantitative estimate of drug-likeness (QED) is 0.436. The van der Waals surface area contributed by atoms with E-state index in [0.29, 0.717) is 12.1 Å². The Kier molecular flexibility index (Phi) is 7.85. The number of nitrogens with zero attached hydrogens (tertiary/aromatic N) is 4. The average molecular weight is 483 g/mol. The van der Waals surface area contributed by atoms with Crippen molar-refractivity contribution in [3.05, 3.63) is 29.5 Å². The van der Waals surface area contributed by atoms with Crippen LogP contribution in [0, 0.1) is 32.6 Å². The molecule has 2 aliphatic carbocycles. The van der Waals surface area contributed by atoms with Crippen molar-refractivity contribution in [3.63, 3.8) is 0 Å². The highest BCUT2D eigenvalue weighted by Crippen LogP contribution is 2.38. The van der Waals surface area contributed by atoms with Crippen LogP contribution in [-0.2, 0) is 4.79 Å². The Morgan fingerprint density at radius 2 is 1.94 bits per heavy atom. The van der Waals surface area contributed by atoms with Crippen molar-refractivity contribution in [2.75, 3.05) is 18.9 Å². The largest absolute Gasteiger partial charge is 0.385 e. The summed E-state index contributed by atoms with van der Waals surface area (Å²) >= 11 is 1.61. The molecule has 2 fully saturated rings. The van der Waals surface area contributed by atoms with Crippen molar-refractivity contribution in [2.45, 2.75) is 65.0 Å². The molecule has 0 radical (unpaired) electrons. The molecule has 3 aromatic heterocycles. The number of anilines is 1. The summed E-state index contributed by atoms with van der Waals surface area (Å²) in [4.78, 5) is 29.2. The third-order valence-electron chi connectivity index (χ3n) is 6.53. The lowest BCUT2D eigenvalue weighted by Gasteiger charge is -2.18. The number of fused-ring (bicyclic) bond motifs is 1. The van der Waals surface area contributed by atoms with E-state index in [4.69, 9.17) is 4.98 Å². The number of carbonyl (C=O) groups excluding carboxylic acids is 1. The topological polar surface area (TPSA) is 113 Å². The van der Waals surface area contributed by atoms with E-state index in [-0.39, 0.29) is 12.0 Å². The van der Waals surface area contributed by atoms with Crippen molar-refractivity contribution in [2.24, 2.45) is 11.8 Å². The predicted molar refractivity (Wildman–Crippen MR) is 136 cm³/mol. The monoisotopic (exact) mass is 482 g/mol.